The molecule has 10 heteroatoms. The Bertz CT molecular complexity index is 948. The molecule has 0 radical (unpaired) electrons. The molecule has 29 heavy (non-hydrogen) atoms. The lowest BCUT2D eigenvalue weighted by atomic mass is 9.94. The molecule has 2 aliphatic heterocycles. The van der Waals surface area contributed by atoms with Crippen LogP contribution < -0.4 is 9.62 Å². The molecule has 1 aromatic rings. The largest absolute Gasteiger partial charge is 0.480 e. The molecule has 0 aromatic heterocycles. The molecule has 1 unspecified atom stereocenters. The molecule has 1 amide bonds. The number of rotatable bonds is 5. The molecule has 1 aromatic carbocycles. The Morgan fingerprint density at radius 3 is 2.48 bits per heavy atom. The van der Waals surface area contributed by atoms with Gasteiger partial charge in [-0.3, -0.25) is 9.52 Å². The molecular weight excluding hydrogens is 396 g/mol. The fourth-order valence-corrected chi connectivity index (χ4v) is 4.62. The van der Waals surface area contributed by atoms with Gasteiger partial charge in [-0.15, -0.1) is 0 Å². The van der Waals surface area contributed by atoms with Crippen molar-refractivity contribution in [2.75, 3.05) is 35.5 Å². The summed E-state index contributed by atoms with van der Waals surface area (Å²) in [7, 11) is -3.43. The second-order valence-corrected chi connectivity index (χ2v) is 9.26. The zero-order valence-electron chi connectivity index (χ0n) is 16.2. The van der Waals surface area contributed by atoms with Gasteiger partial charge in [-0.2, -0.15) is 5.26 Å². The summed E-state index contributed by atoms with van der Waals surface area (Å²) in [5.74, 6) is -1.26. The van der Waals surface area contributed by atoms with Gasteiger partial charge in [-0.25, -0.2) is 13.2 Å². The quantitative estimate of drug-likeness (QED) is 0.732. The number of anilines is 2. The molecule has 0 bridgehead atoms. The highest BCUT2D eigenvalue weighted by Crippen LogP contribution is 2.30. The van der Waals surface area contributed by atoms with Crippen LogP contribution in [0.15, 0.2) is 18.2 Å². The minimum absolute atomic E-state index is 0.0947. The molecule has 2 aliphatic rings. The van der Waals surface area contributed by atoms with Crippen LogP contribution in [-0.4, -0.2) is 62.2 Å². The summed E-state index contributed by atoms with van der Waals surface area (Å²) in [4.78, 5) is 27.6. The Morgan fingerprint density at radius 1 is 1.21 bits per heavy atom. The summed E-state index contributed by atoms with van der Waals surface area (Å²) in [6, 6.07) is 6.18. The molecule has 2 fully saturated rings. The van der Waals surface area contributed by atoms with Crippen LogP contribution in [0.2, 0.25) is 0 Å². The van der Waals surface area contributed by atoms with Gasteiger partial charge in [0.1, 0.15) is 12.1 Å². The zero-order valence-corrected chi connectivity index (χ0v) is 17.0. The number of likely N-dealkylation sites (tertiary alicyclic amines) is 1. The van der Waals surface area contributed by atoms with Crippen LogP contribution in [0, 0.1) is 17.2 Å². The monoisotopic (exact) mass is 420 g/mol. The van der Waals surface area contributed by atoms with Gasteiger partial charge in [0.25, 0.3) is 0 Å². The first kappa shape index (κ1) is 20.9. The van der Waals surface area contributed by atoms with E-state index in [4.69, 9.17) is 0 Å². The maximum atomic E-state index is 12.8. The van der Waals surface area contributed by atoms with Crippen molar-refractivity contribution in [2.45, 2.75) is 31.7 Å². The van der Waals surface area contributed by atoms with E-state index < -0.39 is 22.0 Å². The molecule has 3 rings (SSSR count). The van der Waals surface area contributed by atoms with E-state index in [1.807, 2.05) is 4.90 Å². The van der Waals surface area contributed by atoms with Crippen LogP contribution in [0.3, 0.4) is 0 Å². The van der Waals surface area contributed by atoms with Gasteiger partial charge >= 0.3 is 5.97 Å². The lowest BCUT2D eigenvalue weighted by Crippen LogP contribution is -2.46. The highest BCUT2D eigenvalue weighted by Gasteiger charge is 2.38. The van der Waals surface area contributed by atoms with Crippen molar-refractivity contribution in [1.29, 1.82) is 5.26 Å². The van der Waals surface area contributed by atoms with E-state index in [9.17, 15) is 28.4 Å². The maximum absolute atomic E-state index is 12.8. The number of benzene rings is 1. The van der Waals surface area contributed by atoms with Crippen LogP contribution in [-0.2, 0) is 19.6 Å². The first-order valence-electron chi connectivity index (χ1n) is 9.50. The fourth-order valence-electron chi connectivity index (χ4n) is 4.07. The van der Waals surface area contributed by atoms with Crippen LogP contribution in [0.5, 0.6) is 0 Å². The number of aliphatic carboxylic acids is 1. The number of nitrogens with one attached hydrogen (secondary N) is 1. The van der Waals surface area contributed by atoms with Crippen molar-refractivity contribution in [2.24, 2.45) is 5.92 Å². The maximum Gasteiger partial charge on any atom is 0.326 e. The molecular formula is C19H24N4O5S. The Kier molecular flexibility index (Phi) is 5.98. The van der Waals surface area contributed by atoms with Crippen molar-refractivity contribution >= 4 is 33.3 Å². The zero-order chi connectivity index (χ0) is 21.2. The van der Waals surface area contributed by atoms with Gasteiger partial charge in [-0.05, 0) is 43.9 Å². The smallest absolute Gasteiger partial charge is 0.326 e. The summed E-state index contributed by atoms with van der Waals surface area (Å²) in [5.41, 5.74) is 1.38. The van der Waals surface area contributed by atoms with Crippen molar-refractivity contribution < 1.29 is 23.1 Å². The molecule has 0 aliphatic carbocycles. The summed E-state index contributed by atoms with van der Waals surface area (Å²) >= 11 is 0. The number of hydrogen-bond donors (Lipinski definition) is 2. The van der Waals surface area contributed by atoms with Crippen LogP contribution >= 0.6 is 0 Å². The Morgan fingerprint density at radius 2 is 1.90 bits per heavy atom. The predicted molar refractivity (Wildman–Crippen MR) is 107 cm³/mol. The number of amides is 1. The molecule has 156 valence electrons. The molecule has 0 saturated carbocycles. The molecule has 1 atom stereocenters. The minimum atomic E-state index is -3.43. The van der Waals surface area contributed by atoms with E-state index in [0.29, 0.717) is 62.3 Å². The van der Waals surface area contributed by atoms with E-state index in [-0.39, 0.29) is 11.8 Å². The summed E-state index contributed by atoms with van der Waals surface area (Å²) in [6.45, 7) is 1.62. The lowest BCUT2D eigenvalue weighted by Gasteiger charge is -2.35. The van der Waals surface area contributed by atoms with Crippen LogP contribution in [0.25, 0.3) is 0 Å². The number of carboxylic acids is 1. The number of nitrogens with zero attached hydrogens (tertiary/aromatic N) is 3. The molecule has 9 nitrogen and oxygen atoms in total. The van der Waals surface area contributed by atoms with Crippen LogP contribution in [0.1, 0.15) is 31.2 Å². The summed E-state index contributed by atoms with van der Waals surface area (Å²) < 4.78 is 25.1. The van der Waals surface area contributed by atoms with Crippen LogP contribution in [0.4, 0.5) is 11.4 Å². The van der Waals surface area contributed by atoms with Gasteiger partial charge < -0.3 is 14.9 Å². The second-order valence-electron chi connectivity index (χ2n) is 7.51. The minimum Gasteiger partial charge on any atom is -0.480 e. The number of carbonyl (C=O) groups excluding carboxylic acids is 1. The Labute approximate surface area is 170 Å². The number of piperidine rings is 1. The normalized spacial score (nSPS) is 20.3. The third kappa shape index (κ3) is 4.79. The average Bonchev–Trinajstić information content (AvgIpc) is 3.16. The van der Waals surface area contributed by atoms with Gasteiger partial charge in [0.15, 0.2) is 0 Å². The third-order valence-corrected chi connectivity index (χ3v) is 6.03. The number of carboxylic acid groups (broad SMARTS) is 1. The van der Waals surface area contributed by atoms with Crippen molar-refractivity contribution in [3.63, 3.8) is 0 Å². The van der Waals surface area contributed by atoms with E-state index >= 15 is 0 Å². The van der Waals surface area contributed by atoms with Gasteiger partial charge in [0.2, 0.25) is 15.9 Å². The van der Waals surface area contributed by atoms with E-state index in [0.717, 1.165) is 6.26 Å². The number of nitriles is 1. The first-order valence-corrected chi connectivity index (χ1v) is 11.4. The predicted octanol–water partition coefficient (Wildman–Crippen LogP) is 1.22. The highest BCUT2D eigenvalue weighted by atomic mass is 32.2. The summed E-state index contributed by atoms with van der Waals surface area (Å²) in [5, 5.41) is 18.8. The van der Waals surface area contributed by atoms with Crippen molar-refractivity contribution in [3.05, 3.63) is 23.8 Å². The Hall–Kier alpha value is -2.80. The van der Waals surface area contributed by atoms with Crippen molar-refractivity contribution in [3.8, 4) is 6.07 Å². The summed E-state index contributed by atoms with van der Waals surface area (Å²) in [6.07, 6.45) is 3.41. The van der Waals surface area contributed by atoms with Gasteiger partial charge in [0, 0.05) is 31.2 Å². The standard InChI is InChI=1S/C19H24N4O5S/c1-29(27,28)21-15-4-5-16(14(11-15)12-20)22-9-6-13(7-10-22)18(24)23-8-2-3-17(23)19(25)26/h4-5,11,13,17,21H,2-3,6-10H2,1H3,(H,25,26). The van der Waals surface area contributed by atoms with Gasteiger partial charge in [0.05, 0.1) is 17.5 Å². The molecule has 2 N–H and O–H groups in total. The first-order chi connectivity index (χ1) is 13.7. The van der Waals surface area contributed by atoms with E-state index in [1.54, 1.807) is 12.1 Å². The lowest BCUT2D eigenvalue weighted by molar-refractivity contribution is -0.150. The molecule has 2 saturated heterocycles. The topological polar surface area (TPSA) is 131 Å². The van der Waals surface area contributed by atoms with E-state index in [2.05, 4.69) is 10.8 Å². The van der Waals surface area contributed by atoms with Gasteiger partial charge in [-0.1, -0.05) is 0 Å². The van der Waals surface area contributed by atoms with E-state index in [1.165, 1.54) is 11.0 Å². The average molecular weight is 420 g/mol. The third-order valence-electron chi connectivity index (χ3n) is 5.43. The highest BCUT2D eigenvalue weighted by molar-refractivity contribution is 7.92. The molecule has 2 heterocycles. The SMILES string of the molecule is CS(=O)(=O)Nc1ccc(N2CCC(C(=O)N3CCCC3C(=O)O)CC2)c(C#N)c1. The number of carbonyl (C=O) groups is 2. The Balaban J connectivity index is 1.67. The van der Waals surface area contributed by atoms with Crippen molar-refractivity contribution in [1.82, 2.24) is 4.90 Å². The second kappa shape index (κ2) is 8.29. The number of hydrogen-bond acceptors (Lipinski definition) is 6. The molecule has 0 spiro atoms. The fraction of sp³-hybridized carbons (Fsp3) is 0.526. The number of sulfonamides is 1.